The molecular formula is C22H35FIN5O2. The third-order valence-electron chi connectivity index (χ3n) is 5.51. The largest absolute Gasteiger partial charge is 0.444 e. The molecule has 1 aliphatic carbocycles. The van der Waals surface area contributed by atoms with Crippen molar-refractivity contribution in [3.8, 4) is 0 Å². The lowest BCUT2D eigenvalue weighted by Gasteiger charge is -2.36. The number of amides is 1. The molecular weight excluding hydrogens is 512 g/mol. The van der Waals surface area contributed by atoms with Crippen molar-refractivity contribution in [3.05, 3.63) is 29.6 Å². The fourth-order valence-corrected chi connectivity index (χ4v) is 3.54. The second-order valence-electron chi connectivity index (χ2n) is 9.12. The molecule has 1 aliphatic heterocycles. The van der Waals surface area contributed by atoms with Gasteiger partial charge in [-0.1, -0.05) is 12.5 Å². The Hall–Kier alpha value is -1.78. The van der Waals surface area contributed by atoms with Crippen molar-refractivity contribution in [1.29, 1.82) is 0 Å². The van der Waals surface area contributed by atoms with E-state index in [4.69, 9.17) is 10.5 Å². The van der Waals surface area contributed by atoms with Gasteiger partial charge in [0.2, 0.25) is 0 Å². The van der Waals surface area contributed by atoms with Crippen LogP contribution in [0.4, 0.5) is 14.9 Å². The molecule has 1 heterocycles. The van der Waals surface area contributed by atoms with E-state index >= 15 is 0 Å². The Balaban J connectivity index is 0.00000341. The summed E-state index contributed by atoms with van der Waals surface area (Å²) in [6, 6.07) is 5.17. The molecule has 3 rings (SSSR count). The number of guanidine groups is 1. The molecule has 0 atom stereocenters. The molecule has 1 amide bonds. The second kappa shape index (κ2) is 11.2. The standard InChI is InChI=1S/C22H34FN5O2.HI/c1-22(2,3)30-21(29)28-11-9-27(10-12-28)19-8-7-17(13-18(19)23)15-26-20(24)25-14-16-5-4-6-16;/h7-8,13,16H,4-6,9-12,14-15H2,1-3H3,(H3,24,25,26);1H. The maximum atomic E-state index is 14.7. The van der Waals surface area contributed by atoms with E-state index in [0.29, 0.717) is 50.3 Å². The number of carbonyl (C=O) groups is 1. The number of nitrogens with two attached hydrogens (primary N) is 1. The highest BCUT2D eigenvalue weighted by Gasteiger charge is 2.26. The Kier molecular flexibility index (Phi) is 9.20. The number of hydrogen-bond donors (Lipinski definition) is 2. The number of piperazine rings is 1. The molecule has 0 bridgehead atoms. The van der Waals surface area contributed by atoms with Gasteiger partial charge in [-0.05, 0) is 57.2 Å². The first-order valence-corrected chi connectivity index (χ1v) is 10.8. The molecule has 0 aromatic heterocycles. The Bertz CT molecular complexity index is 772. The second-order valence-corrected chi connectivity index (χ2v) is 9.12. The van der Waals surface area contributed by atoms with Crippen molar-refractivity contribution >= 4 is 41.7 Å². The van der Waals surface area contributed by atoms with E-state index in [1.165, 1.54) is 25.3 Å². The highest BCUT2D eigenvalue weighted by molar-refractivity contribution is 14.0. The first kappa shape index (κ1) is 25.5. The SMILES string of the molecule is CC(C)(C)OC(=O)N1CCN(c2ccc(CN=C(N)NCC3CCC3)cc2F)CC1.I. The molecule has 2 aliphatic rings. The molecule has 2 fully saturated rings. The van der Waals surface area contributed by atoms with Crippen molar-refractivity contribution in [2.24, 2.45) is 16.6 Å². The third kappa shape index (κ3) is 7.69. The van der Waals surface area contributed by atoms with Crippen molar-refractivity contribution in [1.82, 2.24) is 10.2 Å². The smallest absolute Gasteiger partial charge is 0.410 e. The number of carbonyl (C=O) groups excluding carboxylic acids is 1. The number of benzene rings is 1. The quantitative estimate of drug-likeness (QED) is 0.334. The highest BCUT2D eigenvalue weighted by atomic mass is 127. The van der Waals surface area contributed by atoms with Crippen molar-refractivity contribution < 1.29 is 13.9 Å². The molecule has 7 nitrogen and oxygen atoms in total. The van der Waals surface area contributed by atoms with Crippen LogP contribution in [-0.2, 0) is 11.3 Å². The molecule has 1 saturated carbocycles. The summed E-state index contributed by atoms with van der Waals surface area (Å²) in [6.45, 7) is 8.87. The van der Waals surface area contributed by atoms with Gasteiger partial charge < -0.3 is 25.6 Å². The summed E-state index contributed by atoms with van der Waals surface area (Å²) in [6.07, 6.45) is 3.47. The zero-order chi connectivity index (χ0) is 21.7. The van der Waals surface area contributed by atoms with Gasteiger partial charge in [0.05, 0.1) is 12.2 Å². The first-order chi connectivity index (χ1) is 14.2. The fraction of sp³-hybridized carbons (Fsp3) is 0.636. The number of rotatable bonds is 5. The van der Waals surface area contributed by atoms with Crippen LogP contribution in [0, 0.1) is 11.7 Å². The van der Waals surface area contributed by atoms with Crippen molar-refractivity contribution in [3.63, 3.8) is 0 Å². The van der Waals surface area contributed by atoms with E-state index < -0.39 is 5.60 Å². The van der Waals surface area contributed by atoms with Crippen LogP contribution in [0.5, 0.6) is 0 Å². The van der Waals surface area contributed by atoms with Crippen LogP contribution in [0.25, 0.3) is 0 Å². The lowest BCUT2D eigenvalue weighted by Crippen LogP contribution is -2.50. The summed E-state index contributed by atoms with van der Waals surface area (Å²) in [5.41, 5.74) is 6.70. The van der Waals surface area contributed by atoms with Gasteiger partial charge in [-0.15, -0.1) is 24.0 Å². The molecule has 0 spiro atoms. The molecule has 3 N–H and O–H groups in total. The molecule has 0 radical (unpaired) electrons. The maximum absolute atomic E-state index is 14.7. The number of aliphatic imine (C=N–C) groups is 1. The monoisotopic (exact) mass is 547 g/mol. The normalized spacial score (nSPS) is 17.6. The van der Waals surface area contributed by atoms with Crippen LogP contribution in [0.1, 0.15) is 45.6 Å². The summed E-state index contributed by atoms with van der Waals surface area (Å²) in [4.78, 5) is 20.1. The van der Waals surface area contributed by atoms with Crippen LogP contribution in [0.15, 0.2) is 23.2 Å². The van der Waals surface area contributed by atoms with E-state index in [1.807, 2.05) is 31.7 Å². The lowest BCUT2D eigenvalue weighted by molar-refractivity contribution is 0.0240. The van der Waals surface area contributed by atoms with Gasteiger partial charge >= 0.3 is 6.09 Å². The number of nitrogens with zero attached hydrogens (tertiary/aromatic N) is 3. The summed E-state index contributed by atoms with van der Waals surface area (Å²) < 4.78 is 20.1. The van der Waals surface area contributed by atoms with Crippen molar-refractivity contribution in [2.75, 3.05) is 37.6 Å². The predicted octanol–water partition coefficient (Wildman–Crippen LogP) is 3.71. The van der Waals surface area contributed by atoms with Gasteiger partial charge in [-0.2, -0.15) is 0 Å². The summed E-state index contributed by atoms with van der Waals surface area (Å²) in [5.74, 6) is 0.824. The third-order valence-corrected chi connectivity index (χ3v) is 5.51. The van der Waals surface area contributed by atoms with Crippen LogP contribution in [0.3, 0.4) is 0 Å². The molecule has 1 aromatic rings. The number of ether oxygens (including phenoxy) is 1. The Morgan fingerprint density at radius 1 is 1.26 bits per heavy atom. The summed E-state index contributed by atoms with van der Waals surface area (Å²) in [7, 11) is 0. The minimum Gasteiger partial charge on any atom is -0.444 e. The zero-order valence-electron chi connectivity index (χ0n) is 18.7. The van der Waals surface area contributed by atoms with E-state index in [2.05, 4.69) is 10.3 Å². The highest BCUT2D eigenvalue weighted by Crippen LogP contribution is 2.25. The van der Waals surface area contributed by atoms with E-state index in [-0.39, 0.29) is 35.9 Å². The zero-order valence-corrected chi connectivity index (χ0v) is 21.0. The van der Waals surface area contributed by atoms with Gasteiger partial charge in [0, 0.05) is 32.7 Å². The lowest BCUT2D eigenvalue weighted by atomic mass is 9.85. The topological polar surface area (TPSA) is 83.2 Å². The van der Waals surface area contributed by atoms with Crippen molar-refractivity contribution in [2.45, 2.75) is 52.2 Å². The first-order valence-electron chi connectivity index (χ1n) is 10.8. The maximum Gasteiger partial charge on any atom is 0.410 e. The van der Waals surface area contributed by atoms with Gasteiger partial charge in [0.15, 0.2) is 5.96 Å². The number of halogens is 2. The Labute approximate surface area is 201 Å². The fourth-order valence-electron chi connectivity index (χ4n) is 3.54. The minimum atomic E-state index is -0.519. The minimum absolute atomic E-state index is 0. The summed E-state index contributed by atoms with van der Waals surface area (Å²) >= 11 is 0. The van der Waals surface area contributed by atoms with Gasteiger partial charge in [0.1, 0.15) is 11.4 Å². The van der Waals surface area contributed by atoms with E-state index in [9.17, 15) is 9.18 Å². The molecule has 31 heavy (non-hydrogen) atoms. The molecule has 174 valence electrons. The number of nitrogens with one attached hydrogen (secondary N) is 1. The van der Waals surface area contributed by atoms with Crippen LogP contribution >= 0.6 is 24.0 Å². The molecule has 9 heteroatoms. The van der Waals surface area contributed by atoms with Crippen LogP contribution in [0.2, 0.25) is 0 Å². The Morgan fingerprint density at radius 2 is 1.94 bits per heavy atom. The van der Waals surface area contributed by atoms with Gasteiger partial charge in [-0.3, -0.25) is 0 Å². The molecule has 1 saturated heterocycles. The molecule has 1 aromatic carbocycles. The predicted molar refractivity (Wildman–Crippen MR) is 133 cm³/mol. The number of anilines is 1. The van der Waals surface area contributed by atoms with Crippen LogP contribution in [-0.4, -0.2) is 55.3 Å². The Morgan fingerprint density at radius 3 is 2.48 bits per heavy atom. The summed E-state index contributed by atoms with van der Waals surface area (Å²) in [5, 5.41) is 3.14. The van der Waals surface area contributed by atoms with Gasteiger partial charge in [0.25, 0.3) is 0 Å². The average Bonchev–Trinajstić information content (AvgIpc) is 2.64. The van der Waals surface area contributed by atoms with Gasteiger partial charge in [-0.25, -0.2) is 14.2 Å². The van der Waals surface area contributed by atoms with E-state index in [1.54, 1.807) is 11.0 Å². The number of hydrogen-bond acceptors (Lipinski definition) is 4. The molecule has 0 unspecified atom stereocenters. The van der Waals surface area contributed by atoms with Crippen LogP contribution < -0.4 is 16.0 Å². The van der Waals surface area contributed by atoms with E-state index in [0.717, 1.165) is 12.1 Å². The average molecular weight is 547 g/mol.